The lowest BCUT2D eigenvalue weighted by atomic mass is 9.85. The number of ether oxygens (including phenoxy) is 1. The molecule has 3 nitrogen and oxygen atoms in total. The lowest BCUT2D eigenvalue weighted by molar-refractivity contribution is -0.146. The molecule has 0 unspecified atom stereocenters. The molecule has 0 bridgehead atoms. The van der Waals surface area contributed by atoms with Gasteiger partial charge < -0.3 is 9.84 Å². The number of rotatable bonds is 5. The number of carboxylic acid groups (broad SMARTS) is 1. The summed E-state index contributed by atoms with van der Waals surface area (Å²) in [6, 6.07) is 5.84. The fraction of sp³-hybridized carbons (Fsp3) is 0.500. The highest BCUT2D eigenvalue weighted by atomic mass is 16.5. The second-order valence-corrected chi connectivity index (χ2v) is 4.90. The summed E-state index contributed by atoms with van der Waals surface area (Å²) in [6.07, 6.45) is 0.523. The summed E-state index contributed by atoms with van der Waals surface area (Å²) in [4.78, 5) is 11.1. The lowest BCUT2D eigenvalue weighted by Gasteiger charge is -2.19. The smallest absolute Gasteiger partial charge is 0.309 e. The average Bonchev–Trinajstić information content (AvgIpc) is 2.21. The molecule has 3 heteroatoms. The molecule has 94 valence electrons. The van der Waals surface area contributed by atoms with Crippen molar-refractivity contribution >= 4 is 5.97 Å². The molecular formula is C14H20O3. The second kappa shape index (κ2) is 5.21. The van der Waals surface area contributed by atoms with Gasteiger partial charge in [-0.1, -0.05) is 12.1 Å². The van der Waals surface area contributed by atoms with Crippen LogP contribution in [0.25, 0.3) is 0 Å². The average molecular weight is 236 g/mol. The Hall–Kier alpha value is -1.51. The number of aryl methyl sites for hydroxylation is 1. The van der Waals surface area contributed by atoms with Crippen molar-refractivity contribution in [1.29, 1.82) is 0 Å². The van der Waals surface area contributed by atoms with Gasteiger partial charge >= 0.3 is 5.97 Å². The number of aliphatic carboxylic acids is 1. The maximum Gasteiger partial charge on any atom is 0.309 e. The Balaban J connectivity index is 2.87. The van der Waals surface area contributed by atoms with Crippen LogP contribution in [-0.2, 0) is 11.2 Å². The fourth-order valence-electron chi connectivity index (χ4n) is 1.72. The molecule has 0 amide bonds. The van der Waals surface area contributed by atoms with E-state index in [-0.39, 0.29) is 0 Å². The fourth-order valence-corrected chi connectivity index (χ4v) is 1.72. The Labute approximate surface area is 102 Å². The minimum atomic E-state index is -0.774. The van der Waals surface area contributed by atoms with E-state index in [9.17, 15) is 4.79 Å². The number of hydrogen-bond donors (Lipinski definition) is 1. The minimum Gasteiger partial charge on any atom is -0.494 e. The molecule has 0 saturated carbocycles. The third-order valence-electron chi connectivity index (χ3n) is 2.76. The normalized spacial score (nSPS) is 11.3. The van der Waals surface area contributed by atoms with Crippen LogP contribution in [0.2, 0.25) is 0 Å². The van der Waals surface area contributed by atoms with Gasteiger partial charge in [0.15, 0.2) is 0 Å². The maximum atomic E-state index is 11.1. The van der Waals surface area contributed by atoms with Crippen LogP contribution in [-0.4, -0.2) is 17.7 Å². The summed E-state index contributed by atoms with van der Waals surface area (Å²) >= 11 is 0. The SMILES string of the molecule is CCOc1ccc(CC(C)(C)C(=O)O)cc1C. The van der Waals surface area contributed by atoms with Crippen molar-refractivity contribution in [2.45, 2.75) is 34.1 Å². The molecule has 0 aliphatic rings. The van der Waals surface area contributed by atoms with E-state index in [4.69, 9.17) is 9.84 Å². The highest BCUT2D eigenvalue weighted by Gasteiger charge is 2.27. The molecule has 1 aromatic rings. The molecule has 1 rings (SSSR count). The molecular weight excluding hydrogens is 216 g/mol. The predicted molar refractivity (Wildman–Crippen MR) is 67.5 cm³/mol. The van der Waals surface area contributed by atoms with Gasteiger partial charge in [0.2, 0.25) is 0 Å². The van der Waals surface area contributed by atoms with Crippen molar-refractivity contribution in [1.82, 2.24) is 0 Å². The molecule has 0 aromatic heterocycles. The summed E-state index contributed by atoms with van der Waals surface area (Å²) < 4.78 is 5.45. The zero-order valence-corrected chi connectivity index (χ0v) is 10.9. The van der Waals surface area contributed by atoms with Gasteiger partial charge in [-0.25, -0.2) is 0 Å². The topological polar surface area (TPSA) is 46.5 Å². The van der Waals surface area contributed by atoms with Crippen LogP contribution in [0.15, 0.2) is 18.2 Å². The maximum absolute atomic E-state index is 11.1. The molecule has 0 saturated heterocycles. The van der Waals surface area contributed by atoms with E-state index >= 15 is 0 Å². The first kappa shape index (κ1) is 13.6. The summed E-state index contributed by atoms with van der Waals surface area (Å²) in [7, 11) is 0. The number of hydrogen-bond acceptors (Lipinski definition) is 2. The zero-order chi connectivity index (χ0) is 13.1. The molecule has 0 aliphatic carbocycles. The summed E-state index contributed by atoms with van der Waals surface area (Å²) in [6.45, 7) is 8.03. The first-order valence-electron chi connectivity index (χ1n) is 5.82. The second-order valence-electron chi connectivity index (χ2n) is 4.90. The molecule has 0 fully saturated rings. The quantitative estimate of drug-likeness (QED) is 0.854. The van der Waals surface area contributed by atoms with E-state index < -0.39 is 11.4 Å². The first-order chi connectivity index (χ1) is 7.86. The van der Waals surface area contributed by atoms with Gasteiger partial charge in [-0.2, -0.15) is 0 Å². The molecule has 1 N–H and O–H groups in total. The molecule has 0 aliphatic heterocycles. The number of benzene rings is 1. The van der Waals surface area contributed by atoms with Gasteiger partial charge in [0, 0.05) is 0 Å². The third-order valence-corrected chi connectivity index (χ3v) is 2.76. The van der Waals surface area contributed by atoms with Gasteiger partial charge in [-0.3, -0.25) is 4.79 Å². The first-order valence-corrected chi connectivity index (χ1v) is 5.82. The monoisotopic (exact) mass is 236 g/mol. The van der Waals surface area contributed by atoms with Crippen LogP contribution in [0.3, 0.4) is 0 Å². The van der Waals surface area contributed by atoms with Crippen molar-refractivity contribution < 1.29 is 14.6 Å². The lowest BCUT2D eigenvalue weighted by Crippen LogP contribution is -2.26. The standard InChI is InChI=1S/C14H20O3/c1-5-17-12-7-6-11(8-10(12)2)9-14(3,4)13(15)16/h6-8H,5,9H2,1-4H3,(H,15,16). The summed E-state index contributed by atoms with van der Waals surface area (Å²) in [5.74, 6) is 0.0911. The van der Waals surface area contributed by atoms with E-state index in [2.05, 4.69) is 0 Å². The third kappa shape index (κ3) is 3.48. The number of carboxylic acids is 1. The van der Waals surface area contributed by atoms with Crippen molar-refractivity contribution in [2.75, 3.05) is 6.61 Å². The molecule has 17 heavy (non-hydrogen) atoms. The number of carbonyl (C=O) groups is 1. The van der Waals surface area contributed by atoms with Crippen LogP contribution >= 0.6 is 0 Å². The van der Waals surface area contributed by atoms with Gasteiger partial charge in [-0.15, -0.1) is 0 Å². The largest absolute Gasteiger partial charge is 0.494 e. The van der Waals surface area contributed by atoms with Gasteiger partial charge in [-0.05, 0) is 51.3 Å². The Bertz CT molecular complexity index is 408. The molecule has 0 radical (unpaired) electrons. The summed E-state index contributed by atoms with van der Waals surface area (Å²) in [5, 5.41) is 9.09. The predicted octanol–water partition coefficient (Wildman–Crippen LogP) is 3.05. The van der Waals surface area contributed by atoms with Crippen molar-refractivity contribution in [2.24, 2.45) is 5.41 Å². The molecule has 0 atom stereocenters. The van der Waals surface area contributed by atoms with Crippen LogP contribution in [0.1, 0.15) is 31.9 Å². The molecule has 1 aromatic carbocycles. The Morgan fingerprint density at radius 2 is 2.06 bits per heavy atom. The van der Waals surface area contributed by atoms with Gasteiger partial charge in [0.25, 0.3) is 0 Å². The van der Waals surface area contributed by atoms with Crippen LogP contribution in [0.4, 0.5) is 0 Å². The minimum absolute atomic E-state index is 0.523. The highest BCUT2D eigenvalue weighted by molar-refractivity contribution is 5.74. The molecule has 0 spiro atoms. The van der Waals surface area contributed by atoms with Crippen LogP contribution < -0.4 is 4.74 Å². The van der Waals surface area contributed by atoms with E-state index in [1.807, 2.05) is 32.0 Å². The zero-order valence-electron chi connectivity index (χ0n) is 10.9. The Kier molecular flexibility index (Phi) is 4.16. The van der Waals surface area contributed by atoms with Gasteiger partial charge in [0.05, 0.1) is 12.0 Å². The van der Waals surface area contributed by atoms with E-state index in [0.29, 0.717) is 13.0 Å². The van der Waals surface area contributed by atoms with E-state index in [1.54, 1.807) is 13.8 Å². The summed E-state index contributed by atoms with van der Waals surface area (Å²) in [5.41, 5.74) is 1.34. The van der Waals surface area contributed by atoms with E-state index in [0.717, 1.165) is 16.9 Å². The van der Waals surface area contributed by atoms with E-state index in [1.165, 1.54) is 0 Å². The van der Waals surface area contributed by atoms with Crippen LogP contribution in [0.5, 0.6) is 5.75 Å². The Morgan fingerprint density at radius 3 is 2.53 bits per heavy atom. The van der Waals surface area contributed by atoms with Crippen LogP contribution in [0, 0.1) is 12.3 Å². The van der Waals surface area contributed by atoms with Crippen molar-refractivity contribution in [3.63, 3.8) is 0 Å². The van der Waals surface area contributed by atoms with Crippen molar-refractivity contribution in [3.8, 4) is 5.75 Å². The highest BCUT2D eigenvalue weighted by Crippen LogP contribution is 2.25. The van der Waals surface area contributed by atoms with Gasteiger partial charge in [0.1, 0.15) is 5.75 Å². The Morgan fingerprint density at radius 1 is 1.41 bits per heavy atom. The van der Waals surface area contributed by atoms with Crippen molar-refractivity contribution in [3.05, 3.63) is 29.3 Å². The molecule has 0 heterocycles.